The van der Waals surface area contributed by atoms with Crippen LogP contribution in [0.3, 0.4) is 0 Å². The molecule has 7 nitrogen and oxygen atoms in total. The zero-order valence-electron chi connectivity index (χ0n) is 14.7. The van der Waals surface area contributed by atoms with Gasteiger partial charge in [0.1, 0.15) is 5.69 Å². The summed E-state index contributed by atoms with van der Waals surface area (Å²) in [5.74, 6) is -0.126. The fourth-order valence-corrected chi connectivity index (χ4v) is 3.24. The first kappa shape index (κ1) is 16.8. The quantitative estimate of drug-likeness (QED) is 0.760. The third kappa shape index (κ3) is 3.49. The number of aromatic nitrogens is 3. The van der Waals surface area contributed by atoms with Crippen LogP contribution in [0, 0.1) is 0 Å². The van der Waals surface area contributed by atoms with Crippen LogP contribution < -0.4 is 0 Å². The van der Waals surface area contributed by atoms with Crippen molar-refractivity contribution in [2.24, 2.45) is 0 Å². The molecule has 3 aromatic rings. The van der Waals surface area contributed by atoms with Gasteiger partial charge in [-0.3, -0.25) is 9.89 Å². The molecule has 1 unspecified atom stereocenters. The average molecular weight is 354 g/mol. The second-order valence-electron chi connectivity index (χ2n) is 6.53. The van der Waals surface area contributed by atoms with Gasteiger partial charge in [-0.05, 0) is 23.6 Å². The van der Waals surface area contributed by atoms with Crippen LogP contribution in [0.2, 0.25) is 0 Å². The number of para-hydroxylation sites is 1. The minimum absolute atomic E-state index is 0.0812. The highest BCUT2D eigenvalue weighted by Crippen LogP contribution is 2.16. The predicted molar refractivity (Wildman–Crippen MR) is 97.1 cm³/mol. The molecule has 3 heterocycles. The Morgan fingerprint density at radius 1 is 1.35 bits per heavy atom. The topological polar surface area (TPSA) is 72.4 Å². The van der Waals surface area contributed by atoms with Gasteiger partial charge >= 0.3 is 0 Å². The Bertz CT molecular complexity index is 895. The molecule has 0 radical (unpaired) electrons. The van der Waals surface area contributed by atoms with E-state index in [1.165, 1.54) is 5.39 Å². The molecule has 0 bridgehead atoms. The van der Waals surface area contributed by atoms with Crippen molar-refractivity contribution in [3.05, 3.63) is 54.0 Å². The first-order chi connectivity index (χ1) is 12.7. The summed E-state index contributed by atoms with van der Waals surface area (Å²) in [5, 5.41) is 8.36. The molecule has 136 valence electrons. The molecule has 0 aliphatic carbocycles. The van der Waals surface area contributed by atoms with Crippen LogP contribution in [0.4, 0.5) is 0 Å². The Balaban J connectivity index is 1.42. The van der Waals surface area contributed by atoms with Gasteiger partial charge in [0.25, 0.3) is 5.91 Å². The van der Waals surface area contributed by atoms with E-state index in [0.717, 1.165) is 11.2 Å². The Hall–Kier alpha value is -2.64. The Labute approximate surface area is 151 Å². The van der Waals surface area contributed by atoms with E-state index in [0.29, 0.717) is 38.6 Å². The number of aromatic amines is 1. The number of nitrogens with zero attached hydrogens (tertiary/aromatic N) is 3. The van der Waals surface area contributed by atoms with Crippen LogP contribution in [-0.4, -0.2) is 65.1 Å². The van der Waals surface area contributed by atoms with E-state index in [4.69, 9.17) is 9.47 Å². The fourth-order valence-electron chi connectivity index (χ4n) is 3.24. The molecule has 1 fully saturated rings. The predicted octanol–water partition coefficient (Wildman–Crippen LogP) is 1.90. The number of hydrogen-bond donors (Lipinski definition) is 1. The van der Waals surface area contributed by atoms with Gasteiger partial charge in [0, 0.05) is 25.3 Å². The number of H-pyrrole nitrogens is 1. The zero-order valence-corrected chi connectivity index (χ0v) is 14.7. The lowest BCUT2D eigenvalue weighted by Crippen LogP contribution is -2.40. The summed E-state index contributed by atoms with van der Waals surface area (Å²) in [6, 6.07) is 12.1. The van der Waals surface area contributed by atoms with Crippen molar-refractivity contribution >= 4 is 16.8 Å². The number of rotatable bonds is 5. The van der Waals surface area contributed by atoms with Crippen molar-refractivity contribution in [3.63, 3.8) is 0 Å². The van der Waals surface area contributed by atoms with Crippen molar-refractivity contribution in [2.45, 2.75) is 12.6 Å². The molecule has 1 aliphatic rings. The second-order valence-corrected chi connectivity index (χ2v) is 6.53. The van der Waals surface area contributed by atoms with Crippen molar-refractivity contribution < 1.29 is 14.3 Å². The second kappa shape index (κ2) is 7.31. The maximum atomic E-state index is 12.6. The van der Waals surface area contributed by atoms with E-state index < -0.39 is 0 Å². The Morgan fingerprint density at radius 3 is 3.08 bits per heavy atom. The molecular formula is C19H22N4O3. The third-order valence-corrected chi connectivity index (χ3v) is 4.58. The van der Waals surface area contributed by atoms with Crippen molar-refractivity contribution in [3.8, 4) is 0 Å². The van der Waals surface area contributed by atoms with Gasteiger partial charge in [0.05, 0.1) is 38.2 Å². The van der Waals surface area contributed by atoms with Gasteiger partial charge in [-0.25, -0.2) is 0 Å². The highest BCUT2D eigenvalue weighted by Gasteiger charge is 2.21. The normalized spacial score (nSPS) is 17.5. The molecule has 26 heavy (non-hydrogen) atoms. The maximum Gasteiger partial charge on any atom is 0.274 e. The van der Waals surface area contributed by atoms with Crippen LogP contribution in [-0.2, 0) is 16.0 Å². The average Bonchev–Trinajstić information content (AvgIpc) is 3.30. The summed E-state index contributed by atoms with van der Waals surface area (Å²) in [6.45, 7) is 2.83. The number of carbonyl (C=O) groups excluding carboxylic acids is 1. The number of likely N-dealkylation sites (N-methyl/N-ethyl adjacent to an activating group) is 1. The number of fused-ring (bicyclic) bond motifs is 1. The molecule has 0 spiro atoms. The number of amides is 1. The zero-order chi connectivity index (χ0) is 17.9. The minimum Gasteiger partial charge on any atom is -0.376 e. The summed E-state index contributed by atoms with van der Waals surface area (Å²) in [4.78, 5) is 14.2. The summed E-state index contributed by atoms with van der Waals surface area (Å²) in [5.41, 5.74) is 2.46. The summed E-state index contributed by atoms with van der Waals surface area (Å²) < 4.78 is 13.1. The summed E-state index contributed by atoms with van der Waals surface area (Å²) in [7, 11) is 1.76. The number of ether oxygens (including phenoxy) is 2. The van der Waals surface area contributed by atoms with Gasteiger partial charge in [-0.15, -0.1) is 0 Å². The number of nitrogens with one attached hydrogen (secondary N) is 1. The highest BCUT2D eigenvalue weighted by atomic mass is 16.6. The van der Waals surface area contributed by atoms with Gasteiger partial charge in [0.2, 0.25) is 0 Å². The standard InChI is InChI=1S/C19H22N4O3/c1-22(12-16-13-25-8-9-26-16)19(24)17-10-15(20-21-17)11-23-7-6-14-4-2-3-5-18(14)23/h2-7,10,16H,8-9,11-13H2,1H3,(H,20,21). The molecule has 1 atom stereocenters. The van der Waals surface area contributed by atoms with E-state index >= 15 is 0 Å². The first-order valence-electron chi connectivity index (χ1n) is 8.73. The van der Waals surface area contributed by atoms with Crippen LogP contribution in [0.5, 0.6) is 0 Å². The van der Waals surface area contributed by atoms with Crippen LogP contribution in [0.1, 0.15) is 16.2 Å². The van der Waals surface area contributed by atoms with Gasteiger partial charge in [0.15, 0.2) is 0 Å². The summed E-state index contributed by atoms with van der Waals surface area (Å²) >= 11 is 0. The van der Waals surface area contributed by atoms with E-state index in [9.17, 15) is 4.79 Å². The SMILES string of the molecule is CN(CC1COCCO1)C(=O)c1cc(Cn2ccc3ccccc32)[nH]n1. The maximum absolute atomic E-state index is 12.6. The molecule has 7 heteroatoms. The van der Waals surface area contributed by atoms with Crippen LogP contribution in [0.25, 0.3) is 10.9 Å². The smallest absolute Gasteiger partial charge is 0.274 e. The molecule has 1 N–H and O–H groups in total. The van der Waals surface area contributed by atoms with Gasteiger partial charge in [-0.2, -0.15) is 5.10 Å². The van der Waals surface area contributed by atoms with Gasteiger partial charge in [-0.1, -0.05) is 18.2 Å². The lowest BCUT2D eigenvalue weighted by Gasteiger charge is -2.27. The minimum atomic E-state index is -0.126. The molecule has 2 aromatic heterocycles. The van der Waals surface area contributed by atoms with Crippen molar-refractivity contribution in [1.82, 2.24) is 19.7 Å². The summed E-state index contributed by atoms with van der Waals surface area (Å²) in [6.07, 6.45) is 1.96. The van der Waals surface area contributed by atoms with Crippen molar-refractivity contribution in [2.75, 3.05) is 33.4 Å². The monoisotopic (exact) mass is 354 g/mol. The molecule has 1 amide bonds. The highest BCUT2D eigenvalue weighted by molar-refractivity contribution is 5.92. The van der Waals surface area contributed by atoms with Gasteiger partial charge < -0.3 is 18.9 Å². The molecule has 4 rings (SSSR count). The molecule has 1 aromatic carbocycles. The van der Waals surface area contributed by atoms with E-state index in [1.807, 2.05) is 24.4 Å². The van der Waals surface area contributed by atoms with Crippen LogP contribution in [0.15, 0.2) is 42.6 Å². The largest absolute Gasteiger partial charge is 0.376 e. The molecule has 0 saturated carbocycles. The number of hydrogen-bond acceptors (Lipinski definition) is 4. The molecular weight excluding hydrogens is 332 g/mol. The van der Waals surface area contributed by atoms with E-state index in [2.05, 4.69) is 33.0 Å². The molecule has 1 saturated heterocycles. The Kier molecular flexibility index (Phi) is 4.73. The van der Waals surface area contributed by atoms with E-state index in [1.54, 1.807) is 11.9 Å². The fraction of sp³-hybridized carbons (Fsp3) is 0.368. The molecule has 1 aliphatic heterocycles. The lowest BCUT2D eigenvalue weighted by molar-refractivity contribution is -0.0933. The van der Waals surface area contributed by atoms with Crippen molar-refractivity contribution in [1.29, 1.82) is 0 Å². The first-order valence-corrected chi connectivity index (χ1v) is 8.73. The third-order valence-electron chi connectivity index (χ3n) is 4.58. The lowest BCUT2D eigenvalue weighted by atomic mass is 10.2. The number of carbonyl (C=O) groups is 1. The Morgan fingerprint density at radius 2 is 2.23 bits per heavy atom. The number of benzene rings is 1. The van der Waals surface area contributed by atoms with Crippen LogP contribution >= 0.6 is 0 Å². The van der Waals surface area contributed by atoms with E-state index in [-0.39, 0.29) is 12.0 Å².